The number of ether oxygens (including phenoxy) is 3. The Balaban J connectivity index is 2.38. The van der Waals surface area contributed by atoms with Crippen LogP contribution in [-0.2, 0) is 14.2 Å². The van der Waals surface area contributed by atoms with Crippen molar-refractivity contribution in [2.45, 2.75) is 65.1 Å². The number of amides is 1. The van der Waals surface area contributed by atoms with Gasteiger partial charge in [-0.15, -0.1) is 0 Å². The van der Waals surface area contributed by atoms with Gasteiger partial charge in [-0.25, -0.2) is 4.79 Å². The normalized spacial score (nSPS) is 16.1. The fourth-order valence-electron chi connectivity index (χ4n) is 3.21. The van der Waals surface area contributed by atoms with Gasteiger partial charge in [-0.05, 0) is 46.5 Å². The van der Waals surface area contributed by atoms with Gasteiger partial charge in [0.05, 0.1) is 6.10 Å². The molecule has 0 aliphatic carbocycles. The fourth-order valence-corrected chi connectivity index (χ4v) is 3.21. The molecule has 0 atom stereocenters. The number of methoxy groups -OCH3 is 1. The van der Waals surface area contributed by atoms with Crippen molar-refractivity contribution in [1.29, 1.82) is 0 Å². The summed E-state index contributed by atoms with van der Waals surface area (Å²) in [7, 11) is 3.51. The lowest BCUT2D eigenvalue weighted by atomic mass is 10.1. The van der Waals surface area contributed by atoms with E-state index in [1.807, 2.05) is 20.8 Å². The quantitative estimate of drug-likeness (QED) is 0.337. The summed E-state index contributed by atoms with van der Waals surface area (Å²) in [6.45, 7) is 13.0. The van der Waals surface area contributed by atoms with Crippen molar-refractivity contribution in [3.63, 3.8) is 0 Å². The van der Waals surface area contributed by atoms with E-state index in [9.17, 15) is 4.79 Å². The SMILES string of the molecule is CCCN(CCNC(=NC)N1CCC(OCCCOC)CC1)C(=O)OC(C)(C)C. The molecule has 1 fully saturated rings. The number of carbonyl (C=O) groups excluding carboxylic acids is 1. The average Bonchev–Trinajstić information content (AvgIpc) is 2.67. The molecule has 1 aliphatic heterocycles. The van der Waals surface area contributed by atoms with Gasteiger partial charge in [0, 0.05) is 60.1 Å². The second-order valence-corrected chi connectivity index (χ2v) is 8.34. The van der Waals surface area contributed by atoms with Crippen LogP contribution < -0.4 is 5.32 Å². The number of nitrogens with one attached hydrogen (secondary N) is 1. The number of likely N-dealkylation sites (tertiary alicyclic amines) is 1. The minimum atomic E-state index is -0.484. The number of rotatable bonds is 10. The van der Waals surface area contributed by atoms with E-state index >= 15 is 0 Å². The highest BCUT2D eigenvalue weighted by Gasteiger charge is 2.23. The summed E-state index contributed by atoms with van der Waals surface area (Å²) in [5.41, 5.74) is -0.484. The molecule has 29 heavy (non-hydrogen) atoms. The minimum absolute atomic E-state index is 0.262. The Morgan fingerprint density at radius 1 is 1.21 bits per heavy atom. The molecule has 0 bridgehead atoms. The van der Waals surface area contributed by atoms with E-state index in [0.717, 1.165) is 57.9 Å². The standard InChI is InChI=1S/C21H42N4O4/c1-7-12-25(20(26)29-21(2,3)4)15-11-23-19(22-5)24-13-9-18(10-14-24)28-17-8-16-27-6/h18H,7-17H2,1-6H3,(H,22,23). The number of carbonyl (C=O) groups is 1. The first-order valence-corrected chi connectivity index (χ1v) is 10.8. The number of piperidine rings is 1. The summed E-state index contributed by atoms with van der Waals surface area (Å²) >= 11 is 0. The van der Waals surface area contributed by atoms with Crippen LogP contribution >= 0.6 is 0 Å². The molecule has 1 aliphatic rings. The molecule has 1 rings (SSSR count). The molecule has 0 unspecified atom stereocenters. The molecular weight excluding hydrogens is 372 g/mol. The van der Waals surface area contributed by atoms with Crippen molar-refractivity contribution in [3.05, 3.63) is 0 Å². The van der Waals surface area contributed by atoms with Crippen molar-refractivity contribution in [2.24, 2.45) is 4.99 Å². The van der Waals surface area contributed by atoms with Crippen molar-refractivity contribution in [3.8, 4) is 0 Å². The third-order valence-electron chi connectivity index (χ3n) is 4.61. The highest BCUT2D eigenvalue weighted by atomic mass is 16.6. The first-order chi connectivity index (χ1) is 13.8. The monoisotopic (exact) mass is 414 g/mol. The van der Waals surface area contributed by atoms with Crippen molar-refractivity contribution >= 4 is 12.1 Å². The van der Waals surface area contributed by atoms with Crippen LogP contribution in [0.25, 0.3) is 0 Å². The number of guanidine groups is 1. The van der Waals surface area contributed by atoms with E-state index in [-0.39, 0.29) is 6.09 Å². The van der Waals surface area contributed by atoms with Crippen LogP contribution in [0, 0.1) is 0 Å². The molecule has 0 spiro atoms. The first-order valence-electron chi connectivity index (χ1n) is 10.8. The molecule has 0 radical (unpaired) electrons. The van der Waals surface area contributed by atoms with Gasteiger partial charge in [0.25, 0.3) is 0 Å². The second kappa shape index (κ2) is 13.6. The maximum Gasteiger partial charge on any atom is 0.410 e. The van der Waals surface area contributed by atoms with Crippen LogP contribution in [0.1, 0.15) is 53.4 Å². The Morgan fingerprint density at radius 3 is 2.45 bits per heavy atom. The molecule has 170 valence electrons. The zero-order valence-corrected chi connectivity index (χ0v) is 19.3. The summed E-state index contributed by atoms with van der Waals surface area (Å²) in [5, 5.41) is 3.39. The van der Waals surface area contributed by atoms with Gasteiger partial charge in [-0.3, -0.25) is 4.99 Å². The van der Waals surface area contributed by atoms with Crippen LogP contribution in [0.15, 0.2) is 4.99 Å². The number of hydrogen-bond donors (Lipinski definition) is 1. The van der Waals surface area contributed by atoms with Gasteiger partial charge in [0.2, 0.25) is 0 Å². The van der Waals surface area contributed by atoms with Crippen LogP contribution in [0.2, 0.25) is 0 Å². The Kier molecular flexibility index (Phi) is 12.0. The maximum atomic E-state index is 12.4. The molecule has 1 amide bonds. The third kappa shape index (κ3) is 10.7. The number of nitrogens with zero attached hydrogens (tertiary/aromatic N) is 3. The van der Waals surface area contributed by atoms with Crippen LogP contribution in [0.5, 0.6) is 0 Å². The predicted molar refractivity (Wildman–Crippen MR) is 116 cm³/mol. The zero-order valence-electron chi connectivity index (χ0n) is 19.3. The molecule has 1 heterocycles. The largest absolute Gasteiger partial charge is 0.444 e. The average molecular weight is 415 g/mol. The van der Waals surface area contributed by atoms with Gasteiger partial charge in [0.15, 0.2) is 5.96 Å². The van der Waals surface area contributed by atoms with Crippen LogP contribution in [0.4, 0.5) is 4.79 Å². The van der Waals surface area contributed by atoms with E-state index in [1.54, 1.807) is 19.1 Å². The van der Waals surface area contributed by atoms with Crippen molar-refractivity contribution < 1.29 is 19.0 Å². The molecule has 1 saturated heterocycles. The lowest BCUT2D eigenvalue weighted by Crippen LogP contribution is -2.49. The van der Waals surface area contributed by atoms with E-state index in [2.05, 4.69) is 22.1 Å². The zero-order chi connectivity index (χ0) is 21.7. The highest BCUT2D eigenvalue weighted by molar-refractivity contribution is 5.80. The first kappa shape index (κ1) is 25.5. The molecule has 0 aromatic rings. The Labute approximate surface area is 176 Å². The Bertz CT molecular complexity index is 486. The molecule has 0 saturated carbocycles. The summed E-state index contributed by atoms with van der Waals surface area (Å²) in [4.78, 5) is 20.8. The van der Waals surface area contributed by atoms with Crippen molar-refractivity contribution in [1.82, 2.24) is 15.1 Å². The lowest BCUT2D eigenvalue weighted by Gasteiger charge is -2.34. The van der Waals surface area contributed by atoms with E-state index in [0.29, 0.717) is 25.7 Å². The second-order valence-electron chi connectivity index (χ2n) is 8.34. The molecule has 8 heteroatoms. The fraction of sp³-hybridized carbons (Fsp3) is 0.905. The maximum absolute atomic E-state index is 12.4. The van der Waals surface area contributed by atoms with E-state index in [1.165, 1.54) is 0 Å². The van der Waals surface area contributed by atoms with Gasteiger partial charge < -0.3 is 29.3 Å². The molecule has 0 aromatic carbocycles. The van der Waals surface area contributed by atoms with Crippen molar-refractivity contribution in [2.75, 3.05) is 60.1 Å². The van der Waals surface area contributed by atoms with Gasteiger partial charge >= 0.3 is 6.09 Å². The molecular formula is C21H42N4O4. The summed E-state index contributed by atoms with van der Waals surface area (Å²) in [5.74, 6) is 0.878. The summed E-state index contributed by atoms with van der Waals surface area (Å²) < 4.78 is 16.5. The lowest BCUT2D eigenvalue weighted by molar-refractivity contribution is 0.00977. The Morgan fingerprint density at radius 2 is 1.90 bits per heavy atom. The van der Waals surface area contributed by atoms with Crippen LogP contribution in [-0.4, -0.2) is 93.7 Å². The van der Waals surface area contributed by atoms with Gasteiger partial charge in [0.1, 0.15) is 5.60 Å². The molecule has 1 N–H and O–H groups in total. The number of aliphatic imine (C=N–C) groups is 1. The van der Waals surface area contributed by atoms with E-state index in [4.69, 9.17) is 14.2 Å². The topological polar surface area (TPSA) is 75.6 Å². The van der Waals surface area contributed by atoms with Crippen LogP contribution in [0.3, 0.4) is 0 Å². The Hall–Kier alpha value is -1.54. The third-order valence-corrected chi connectivity index (χ3v) is 4.61. The number of hydrogen-bond acceptors (Lipinski definition) is 5. The van der Waals surface area contributed by atoms with E-state index < -0.39 is 5.60 Å². The van der Waals surface area contributed by atoms with Gasteiger partial charge in [-0.1, -0.05) is 6.92 Å². The predicted octanol–water partition coefficient (Wildman–Crippen LogP) is 2.73. The molecule has 8 nitrogen and oxygen atoms in total. The summed E-state index contributed by atoms with van der Waals surface area (Å²) in [6, 6.07) is 0. The highest BCUT2D eigenvalue weighted by Crippen LogP contribution is 2.14. The van der Waals surface area contributed by atoms with Gasteiger partial charge in [-0.2, -0.15) is 0 Å². The summed E-state index contributed by atoms with van der Waals surface area (Å²) in [6.07, 6.45) is 3.87. The smallest absolute Gasteiger partial charge is 0.410 e. The minimum Gasteiger partial charge on any atom is -0.444 e. The molecule has 0 aromatic heterocycles.